The molecule has 1 aromatic heterocycles. The summed E-state index contributed by atoms with van der Waals surface area (Å²) in [6.45, 7) is 2.97. The molecular formula is C18H19F2N3O2. The van der Waals surface area contributed by atoms with Crippen molar-refractivity contribution in [3.8, 4) is 0 Å². The third-order valence-electron chi connectivity index (χ3n) is 5.13. The van der Waals surface area contributed by atoms with Gasteiger partial charge in [-0.1, -0.05) is 17.3 Å². The van der Waals surface area contributed by atoms with Crippen LogP contribution in [0.1, 0.15) is 48.4 Å². The van der Waals surface area contributed by atoms with Crippen molar-refractivity contribution < 1.29 is 18.1 Å². The second-order valence-electron chi connectivity index (χ2n) is 6.89. The van der Waals surface area contributed by atoms with E-state index in [4.69, 9.17) is 4.52 Å². The van der Waals surface area contributed by atoms with Gasteiger partial charge in [0, 0.05) is 31.8 Å². The Balaban J connectivity index is 1.44. The number of carbonyl (C=O) groups excluding carboxylic acids is 1. The second kappa shape index (κ2) is 6.20. The Hall–Kier alpha value is -2.31. The molecule has 1 amide bonds. The molecule has 132 valence electrons. The van der Waals surface area contributed by atoms with E-state index in [9.17, 15) is 13.6 Å². The van der Waals surface area contributed by atoms with Crippen LogP contribution in [0.15, 0.2) is 22.7 Å². The van der Waals surface area contributed by atoms with Gasteiger partial charge in [-0.25, -0.2) is 8.78 Å². The summed E-state index contributed by atoms with van der Waals surface area (Å²) in [4.78, 5) is 18.8. The zero-order valence-electron chi connectivity index (χ0n) is 13.9. The van der Waals surface area contributed by atoms with Crippen LogP contribution in [0.4, 0.5) is 8.78 Å². The van der Waals surface area contributed by atoms with Crippen molar-refractivity contribution in [2.45, 2.75) is 38.0 Å². The molecule has 7 heteroatoms. The Labute approximate surface area is 144 Å². The maximum atomic E-state index is 13.9. The lowest BCUT2D eigenvalue weighted by atomic mass is 9.96. The van der Waals surface area contributed by atoms with Crippen molar-refractivity contribution >= 4 is 5.91 Å². The second-order valence-corrected chi connectivity index (χ2v) is 6.89. The van der Waals surface area contributed by atoms with E-state index in [-0.39, 0.29) is 23.7 Å². The molecule has 3 atom stereocenters. The van der Waals surface area contributed by atoms with E-state index >= 15 is 0 Å². The first-order chi connectivity index (χ1) is 12.0. The normalized spacial score (nSPS) is 25.9. The van der Waals surface area contributed by atoms with E-state index in [1.54, 1.807) is 13.0 Å². The summed E-state index contributed by atoms with van der Waals surface area (Å²) < 4.78 is 32.4. The van der Waals surface area contributed by atoms with Crippen LogP contribution in [-0.4, -0.2) is 34.0 Å². The van der Waals surface area contributed by atoms with E-state index in [1.165, 1.54) is 6.07 Å². The first kappa shape index (κ1) is 16.2. The Morgan fingerprint density at radius 1 is 1.36 bits per heavy atom. The van der Waals surface area contributed by atoms with Crippen LogP contribution < -0.4 is 0 Å². The summed E-state index contributed by atoms with van der Waals surface area (Å²) in [5.41, 5.74) is 0.306. The molecule has 4 rings (SSSR count). The SMILES string of the molecule is Cc1nc(C2CCCN(C(=O)C3CC3c3cccc(F)c3F)C2)no1. The number of carbonyl (C=O) groups is 1. The number of benzene rings is 1. The molecule has 0 spiro atoms. The number of nitrogens with zero attached hydrogens (tertiary/aromatic N) is 3. The summed E-state index contributed by atoms with van der Waals surface area (Å²) in [7, 11) is 0. The fraction of sp³-hybridized carbons (Fsp3) is 0.500. The van der Waals surface area contributed by atoms with Crippen LogP contribution >= 0.6 is 0 Å². The van der Waals surface area contributed by atoms with Crippen LogP contribution in [-0.2, 0) is 4.79 Å². The quantitative estimate of drug-likeness (QED) is 0.856. The molecule has 2 heterocycles. The van der Waals surface area contributed by atoms with Gasteiger partial charge in [0.05, 0.1) is 0 Å². The number of halogens is 2. The number of piperidine rings is 1. The van der Waals surface area contributed by atoms with Gasteiger partial charge in [0.1, 0.15) is 0 Å². The van der Waals surface area contributed by atoms with Crippen LogP contribution in [0.2, 0.25) is 0 Å². The number of hydrogen-bond donors (Lipinski definition) is 0. The molecule has 3 unspecified atom stereocenters. The van der Waals surface area contributed by atoms with Crippen LogP contribution in [0, 0.1) is 24.5 Å². The first-order valence-corrected chi connectivity index (χ1v) is 8.57. The summed E-state index contributed by atoms with van der Waals surface area (Å²) in [6.07, 6.45) is 2.35. The lowest BCUT2D eigenvalue weighted by Crippen LogP contribution is -2.40. The van der Waals surface area contributed by atoms with Gasteiger partial charge in [0.15, 0.2) is 17.5 Å². The Kier molecular flexibility index (Phi) is 4.01. The lowest BCUT2D eigenvalue weighted by Gasteiger charge is -2.31. The molecule has 5 nitrogen and oxygen atoms in total. The van der Waals surface area contributed by atoms with Gasteiger partial charge in [0.25, 0.3) is 0 Å². The van der Waals surface area contributed by atoms with E-state index in [1.807, 2.05) is 4.90 Å². The maximum absolute atomic E-state index is 13.9. The van der Waals surface area contributed by atoms with Gasteiger partial charge in [-0.05, 0) is 36.8 Å². The summed E-state index contributed by atoms with van der Waals surface area (Å²) in [5.74, 6) is -0.946. The highest BCUT2D eigenvalue weighted by Gasteiger charge is 2.47. The summed E-state index contributed by atoms with van der Waals surface area (Å²) in [6, 6.07) is 4.15. The standard InChI is InChI=1S/C18H19F2N3O2/c1-10-21-17(22-25-10)11-4-3-7-23(9-11)18(24)14-8-13(14)12-5-2-6-15(19)16(12)20/h2,5-6,11,13-14H,3-4,7-9H2,1H3. The Morgan fingerprint density at radius 3 is 2.96 bits per heavy atom. The fourth-order valence-corrected chi connectivity index (χ4v) is 3.72. The minimum atomic E-state index is -0.860. The molecular weight excluding hydrogens is 328 g/mol. The molecule has 1 saturated carbocycles. The largest absolute Gasteiger partial charge is 0.342 e. The van der Waals surface area contributed by atoms with Gasteiger partial charge >= 0.3 is 0 Å². The van der Waals surface area contributed by atoms with Crippen molar-refractivity contribution in [3.63, 3.8) is 0 Å². The molecule has 1 aliphatic heterocycles. The third kappa shape index (κ3) is 3.03. The molecule has 1 aliphatic carbocycles. The molecule has 0 bridgehead atoms. The number of rotatable bonds is 3. The number of aryl methyl sites for hydroxylation is 1. The fourth-order valence-electron chi connectivity index (χ4n) is 3.72. The third-order valence-corrected chi connectivity index (χ3v) is 5.13. The van der Waals surface area contributed by atoms with Crippen LogP contribution in [0.5, 0.6) is 0 Å². The monoisotopic (exact) mass is 347 g/mol. The molecule has 1 saturated heterocycles. The smallest absolute Gasteiger partial charge is 0.226 e. The molecule has 0 N–H and O–H groups in total. The van der Waals surface area contributed by atoms with Crippen LogP contribution in [0.3, 0.4) is 0 Å². The Bertz CT molecular complexity index is 807. The highest BCUT2D eigenvalue weighted by molar-refractivity contribution is 5.83. The average Bonchev–Trinajstić information content (AvgIpc) is 3.29. The number of amides is 1. The number of aromatic nitrogens is 2. The molecule has 2 aliphatic rings. The predicted molar refractivity (Wildman–Crippen MR) is 84.8 cm³/mol. The molecule has 2 fully saturated rings. The molecule has 0 radical (unpaired) electrons. The summed E-state index contributed by atoms with van der Waals surface area (Å²) >= 11 is 0. The first-order valence-electron chi connectivity index (χ1n) is 8.57. The minimum absolute atomic E-state index is 0.0126. The van der Waals surface area contributed by atoms with Crippen molar-refractivity contribution in [1.82, 2.24) is 15.0 Å². The van der Waals surface area contributed by atoms with Gasteiger partial charge in [-0.3, -0.25) is 4.79 Å². The minimum Gasteiger partial charge on any atom is -0.342 e. The van der Waals surface area contributed by atoms with Crippen LogP contribution in [0.25, 0.3) is 0 Å². The lowest BCUT2D eigenvalue weighted by molar-refractivity contribution is -0.133. The van der Waals surface area contributed by atoms with E-state index < -0.39 is 11.6 Å². The van der Waals surface area contributed by atoms with E-state index in [2.05, 4.69) is 10.1 Å². The van der Waals surface area contributed by atoms with Gasteiger partial charge < -0.3 is 9.42 Å². The maximum Gasteiger partial charge on any atom is 0.226 e. The molecule has 1 aromatic carbocycles. The van der Waals surface area contributed by atoms with Crippen molar-refractivity contribution in [2.75, 3.05) is 13.1 Å². The van der Waals surface area contributed by atoms with Gasteiger partial charge in [0.2, 0.25) is 11.8 Å². The molecule has 2 aromatic rings. The topological polar surface area (TPSA) is 59.2 Å². The highest BCUT2D eigenvalue weighted by Crippen LogP contribution is 2.49. The highest BCUT2D eigenvalue weighted by atomic mass is 19.2. The zero-order valence-corrected chi connectivity index (χ0v) is 13.9. The zero-order chi connectivity index (χ0) is 17.6. The van der Waals surface area contributed by atoms with E-state index in [0.717, 1.165) is 18.9 Å². The van der Waals surface area contributed by atoms with Crippen molar-refractivity contribution in [3.05, 3.63) is 47.1 Å². The van der Waals surface area contributed by atoms with E-state index in [0.29, 0.717) is 36.8 Å². The average molecular weight is 347 g/mol. The van der Waals surface area contributed by atoms with Crippen molar-refractivity contribution in [1.29, 1.82) is 0 Å². The predicted octanol–water partition coefficient (Wildman–Crippen LogP) is 3.17. The van der Waals surface area contributed by atoms with Gasteiger partial charge in [-0.15, -0.1) is 0 Å². The van der Waals surface area contributed by atoms with Crippen molar-refractivity contribution in [2.24, 2.45) is 5.92 Å². The molecule has 25 heavy (non-hydrogen) atoms. The number of hydrogen-bond acceptors (Lipinski definition) is 4. The summed E-state index contributed by atoms with van der Waals surface area (Å²) in [5, 5.41) is 3.96. The number of likely N-dealkylation sites (tertiary alicyclic amines) is 1. The van der Waals surface area contributed by atoms with Gasteiger partial charge in [-0.2, -0.15) is 4.98 Å². The Morgan fingerprint density at radius 2 is 2.20 bits per heavy atom.